The molecule has 21 heavy (non-hydrogen) atoms. The molecular formula is C17H15ClN2O. The Hall–Kier alpha value is -2.26. The summed E-state index contributed by atoms with van der Waals surface area (Å²) in [7, 11) is 1.93. The molecule has 0 amide bonds. The van der Waals surface area contributed by atoms with Gasteiger partial charge in [-0.05, 0) is 36.8 Å². The first-order chi connectivity index (χ1) is 9.97. The van der Waals surface area contributed by atoms with Crippen molar-refractivity contribution in [2.75, 3.05) is 5.73 Å². The summed E-state index contributed by atoms with van der Waals surface area (Å²) in [6, 6.07) is 11.0. The molecule has 2 aromatic carbocycles. The number of carbonyl (C=O) groups is 1. The minimum Gasteiger partial charge on any atom is -0.398 e. The zero-order valence-corrected chi connectivity index (χ0v) is 12.6. The molecule has 0 spiro atoms. The molecule has 0 unspecified atom stereocenters. The van der Waals surface area contributed by atoms with Crippen molar-refractivity contribution in [2.45, 2.75) is 6.92 Å². The summed E-state index contributed by atoms with van der Waals surface area (Å²) in [4.78, 5) is 12.8. The predicted octanol–water partition coefficient (Wildman–Crippen LogP) is 3.95. The first kappa shape index (κ1) is 13.7. The van der Waals surface area contributed by atoms with Gasteiger partial charge in [-0.25, -0.2) is 0 Å². The van der Waals surface area contributed by atoms with E-state index in [1.54, 1.807) is 18.2 Å². The number of carbonyl (C=O) groups excluding carboxylic acids is 1. The van der Waals surface area contributed by atoms with E-state index in [1.165, 1.54) is 0 Å². The first-order valence-corrected chi connectivity index (χ1v) is 7.00. The lowest BCUT2D eigenvalue weighted by Gasteiger charge is -2.04. The highest BCUT2D eigenvalue weighted by atomic mass is 35.5. The molecule has 1 heterocycles. The van der Waals surface area contributed by atoms with Crippen molar-refractivity contribution < 1.29 is 4.79 Å². The van der Waals surface area contributed by atoms with E-state index in [0.29, 0.717) is 21.8 Å². The van der Waals surface area contributed by atoms with Gasteiger partial charge in [0.25, 0.3) is 0 Å². The van der Waals surface area contributed by atoms with Gasteiger partial charge in [-0.2, -0.15) is 0 Å². The lowest BCUT2D eigenvalue weighted by Crippen LogP contribution is -2.04. The van der Waals surface area contributed by atoms with E-state index in [-0.39, 0.29) is 5.78 Å². The molecule has 0 saturated heterocycles. The zero-order valence-electron chi connectivity index (χ0n) is 11.9. The molecule has 0 aliphatic rings. The van der Waals surface area contributed by atoms with Gasteiger partial charge < -0.3 is 10.3 Å². The highest BCUT2D eigenvalue weighted by Crippen LogP contribution is 2.27. The Kier molecular flexibility index (Phi) is 3.22. The monoisotopic (exact) mass is 298 g/mol. The molecule has 106 valence electrons. The number of rotatable bonds is 2. The van der Waals surface area contributed by atoms with Crippen LogP contribution in [0.5, 0.6) is 0 Å². The maximum atomic E-state index is 12.8. The number of hydrogen-bond acceptors (Lipinski definition) is 2. The van der Waals surface area contributed by atoms with Crippen molar-refractivity contribution in [3.05, 3.63) is 64.3 Å². The van der Waals surface area contributed by atoms with Crippen LogP contribution in [0.2, 0.25) is 5.02 Å². The number of nitrogen functional groups attached to an aromatic ring is 1. The molecule has 1 aromatic heterocycles. The van der Waals surface area contributed by atoms with Gasteiger partial charge in [-0.3, -0.25) is 4.79 Å². The number of hydrogen-bond donors (Lipinski definition) is 1. The number of benzene rings is 2. The Morgan fingerprint density at radius 3 is 2.62 bits per heavy atom. The predicted molar refractivity (Wildman–Crippen MR) is 87.0 cm³/mol. The van der Waals surface area contributed by atoms with Gasteiger partial charge in [0, 0.05) is 46.0 Å². The van der Waals surface area contributed by atoms with Gasteiger partial charge >= 0.3 is 0 Å². The highest BCUT2D eigenvalue weighted by Gasteiger charge is 2.18. The van der Waals surface area contributed by atoms with Crippen LogP contribution < -0.4 is 5.73 Å². The molecule has 0 aliphatic heterocycles. The minimum absolute atomic E-state index is 0.0846. The van der Waals surface area contributed by atoms with Crippen LogP contribution in [0.15, 0.2) is 42.6 Å². The highest BCUT2D eigenvalue weighted by molar-refractivity contribution is 6.31. The van der Waals surface area contributed by atoms with Gasteiger partial charge in [0.05, 0.1) is 0 Å². The van der Waals surface area contributed by atoms with Crippen LogP contribution >= 0.6 is 11.6 Å². The van der Waals surface area contributed by atoms with Crippen molar-refractivity contribution >= 4 is 34.0 Å². The molecule has 2 N–H and O–H groups in total. The third kappa shape index (κ3) is 2.30. The summed E-state index contributed by atoms with van der Waals surface area (Å²) < 4.78 is 1.96. The van der Waals surface area contributed by atoms with E-state index >= 15 is 0 Å². The Labute approximate surface area is 127 Å². The quantitative estimate of drug-likeness (QED) is 0.575. The SMILES string of the molecule is Cc1ccc2c(C(=O)c3ccc(Cl)cc3N)cn(C)c2c1. The van der Waals surface area contributed by atoms with Gasteiger partial charge in [-0.15, -0.1) is 0 Å². The van der Waals surface area contributed by atoms with Crippen LogP contribution in [0.1, 0.15) is 21.5 Å². The molecule has 3 rings (SSSR count). The van der Waals surface area contributed by atoms with Crippen molar-refractivity contribution in [1.82, 2.24) is 4.57 Å². The fourth-order valence-corrected chi connectivity index (χ4v) is 2.74. The fraction of sp³-hybridized carbons (Fsp3) is 0.118. The van der Waals surface area contributed by atoms with Crippen LogP contribution in [0.25, 0.3) is 10.9 Å². The molecule has 0 aliphatic carbocycles. The maximum absolute atomic E-state index is 12.8. The molecule has 3 aromatic rings. The van der Waals surface area contributed by atoms with Crippen LogP contribution in [0, 0.1) is 6.92 Å². The lowest BCUT2D eigenvalue weighted by molar-refractivity contribution is 0.104. The minimum atomic E-state index is -0.0846. The molecule has 0 fully saturated rings. The molecule has 3 nitrogen and oxygen atoms in total. The van der Waals surface area contributed by atoms with E-state index in [1.807, 2.05) is 36.9 Å². The molecular weight excluding hydrogens is 284 g/mol. The van der Waals surface area contributed by atoms with Gasteiger partial charge in [0.15, 0.2) is 5.78 Å². The fourth-order valence-electron chi connectivity index (χ4n) is 2.56. The van der Waals surface area contributed by atoms with E-state index in [2.05, 4.69) is 6.07 Å². The average Bonchev–Trinajstić information content (AvgIpc) is 2.75. The second-order valence-corrected chi connectivity index (χ2v) is 5.67. The van der Waals surface area contributed by atoms with E-state index in [9.17, 15) is 4.79 Å². The van der Waals surface area contributed by atoms with Crippen LogP contribution in [0.4, 0.5) is 5.69 Å². The molecule has 0 radical (unpaired) electrons. The Bertz CT molecular complexity index is 865. The second kappa shape index (κ2) is 4.93. The normalized spacial score (nSPS) is 11.0. The van der Waals surface area contributed by atoms with Crippen molar-refractivity contribution in [2.24, 2.45) is 7.05 Å². The van der Waals surface area contributed by atoms with Crippen LogP contribution in [-0.4, -0.2) is 10.4 Å². The number of anilines is 1. The lowest BCUT2D eigenvalue weighted by atomic mass is 10.0. The van der Waals surface area contributed by atoms with Gasteiger partial charge in [-0.1, -0.05) is 23.7 Å². The van der Waals surface area contributed by atoms with Crippen LogP contribution in [0.3, 0.4) is 0 Å². The number of nitrogens with zero attached hydrogens (tertiary/aromatic N) is 1. The standard InChI is InChI=1S/C17H15ClN2O/c1-10-3-5-12-14(9-20(2)16(12)7-10)17(21)13-6-4-11(18)8-15(13)19/h3-9H,19H2,1-2H3. The van der Waals surface area contributed by atoms with Crippen LogP contribution in [-0.2, 0) is 7.05 Å². The molecule has 0 saturated carbocycles. The molecule has 4 heteroatoms. The number of aryl methyl sites for hydroxylation is 2. The summed E-state index contributed by atoms with van der Waals surface area (Å²) in [5.74, 6) is -0.0846. The topological polar surface area (TPSA) is 48.0 Å². The van der Waals surface area contributed by atoms with Crippen molar-refractivity contribution in [3.63, 3.8) is 0 Å². The molecule has 0 bridgehead atoms. The Balaban J connectivity index is 2.18. The van der Waals surface area contributed by atoms with E-state index < -0.39 is 0 Å². The average molecular weight is 299 g/mol. The van der Waals surface area contributed by atoms with Crippen molar-refractivity contribution in [1.29, 1.82) is 0 Å². The summed E-state index contributed by atoms with van der Waals surface area (Å²) in [6.45, 7) is 2.03. The number of fused-ring (bicyclic) bond motifs is 1. The summed E-state index contributed by atoms with van der Waals surface area (Å²) in [6.07, 6.45) is 1.85. The number of ketones is 1. The van der Waals surface area contributed by atoms with Gasteiger partial charge in [0.1, 0.15) is 0 Å². The van der Waals surface area contributed by atoms with E-state index in [4.69, 9.17) is 17.3 Å². The Morgan fingerprint density at radius 1 is 1.14 bits per heavy atom. The van der Waals surface area contributed by atoms with Gasteiger partial charge in [0.2, 0.25) is 0 Å². The zero-order chi connectivity index (χ0) is 15.1. The third-order valence-corrected chi connectivity index (χ3v) is 3.88. The Morgan fingerprint density at radius 2 is 1.90 bits per heavy atom. The first-order valence-electron chi connectivity index (χ1n) is 6.63. The summed E-state index contributed by atoms with van der Waals surface area (Å²) in [5, 5.41) is 1.46. The number of halogens is 1. The number of aromatic nitrogens is 1. The van der Waals surface area contributed by atoms with E-state index in [0.717, 1.165) is 16.5 Å². The third-order valence-electron chi connectivity index (χ3n) is 3.65. The van der Waals surface area contributed by atoms with Crippen molar-refractivity contribution in [3.8, 4) is 0 Å². The second-order valence-electron chi connectivity index (χ2n) is 5.23. The summed E-state index contributed by atoms with van der Waals surface area (Å²) in [5.41, 5.74) is 9.65. The number of nitrogens with two attached hydrogens (primary N) is 1. The maximum Gasteiger partial charge on any atom is 0.197 e. The molecule has 0 atom stereocenters. The largest absolute Gasteiger partial charge is 0.398 e. The summed E-state index contributed by atoms with van der Waals surface area (Å²) >= 11 is 5.89. The smallest absolute Gasteiger partial charge is 0.197 e.